The summed E-state index contributed by atoms with van der Waals surface area (Å²) in [5, 5.41) is 10.9. The van der Waals surface area contributed by atoms with Crippen molar-refractivity contribution in [2.45, 2.75) is 26.6 Å². The van der Waals surface area contributed by atoms with Gasteiger partial charge in [-0.15, -0.1) is 0 Å². The van der Waals surface area contributed by atoms with Gasteiger partial charge < -0.3 is 29.8 Å². The standard InChI is InChI=1S/C21H28BClN2O6/c1-5-31-21(27)19-16(12-30-11-10-24)25(22(3)28)13(2)17(20(26)29-4)18(19)14-8-6-7-9-15(14)23/h6-9,18,28H,5,10-12,24H2,1-4H3. The number of carbonyl (C=O) groups is 2. The van der Waals surface area contributed by atoms with E-state index in [0.717, 1.165) is 0 Å². The second-order valence-corrected chi connectivity index (χ2v) is 7.28. The Morgan fingerprint density at radius 3 is 2.48 bits per heavy atom. The van der Waals surface area contributed by atoms with E-state index in [1.54, 1.807) is 38.1 Å². The number of hydrogen-bond acceptors (Lipinski definition) is 8. The van der Waals surface area contributed by atoms with E-state index >= 15 is 0 Å². The lowest BCUT2D eigenvalue weighted by molar-refractivity contribution is -0.139. The van der Waals surface area contributed by atoms with Crippen LogP contribution in [0.4, 0.5) is 0 Å². The zero-order valence-electron chi connectivity index (χ0n) is 18.2. The van der Waals surface area contributed by atoms with Gasteiger partial charge >= 0.3 is 19.0 Å². The molecule has 1 aromatic rings. The van der Waals surface area contributed by atoms with Crippen LogP contribution >= 0.6 is 11.6 Å². The lowest BCUT2D eigenvalue weighted by atomic mass is 9.74. The molecule has 8 nitrogen and oxygen atoms in total. The smallest absolute Gasteiger partial charge is 0.413 e. The summed E-state index contributed by atoms with van der Waals surface area (Å²) in [7, 11) is 0.194. The zero-order valence-corrected chi connectivity index (χ0v) is 18.9. The number of nitrogens with zero attached hydrogens (tertiary/aromatic N) is 1. The number of halogens is 1. The van der Waals surface area contributed by atoms with Crippen molar-refractivity contribution in [3.8, 4) is 0 Å². The average Bonchev–Trinajstić information content (AvgIpc) is 2.73. The quantitative estimate of drug-likeness (QED) is 0.334. The highest BCUT2D eigenvalue weighted by molar-refractivity contribution is 6.46. The van der Waals surface area contributed by atoms with Crippen molar-refractivity contribution in [3.63, 3.8) is 0 Å². The van der Waals surface area contributed by atoms with Crippen molar-refractivity contribution in [2.75, 3.05) is 33.5 Å². The first-order valence-corrected chi connectivity index (χ1v) is 10.4. The average molecular weight is 451 g/mol. The van der Waals surface area contributed by atoms with E-state index in [0.29, 0.717) is 22.0 Å². The molecule has 0 spiro atoms. The molecule has 0 aliphatic carbocycles. The van der Waals surface area contributed by atoms with E-state index in [4.69, 9.17) is 31.5 Å². The lowest BCUT2D eigenvalue weighted by Crippen LogP contribution is -2.44. The highest BCUT2D eigenvalue weighted by Crippen LogP contribution is 2.45. The number of allylic oxidation sites excluding steroid dienone is 1. The predicted octanol–water partition coefficient (Wildman–Crippen LogP) is 2.09. The third kappa shape index (κ3) is 5.30. The van der Waals surface area contributed by atoms with Gasteiger partial charge in [-0.1, -0.05) is 29.8 Å². The van der Waals surface area contributed by atoms with Crippen LogP contribution in [0.3, 0.4) is 0 Å². The lowest BCUT2D eigenvalue weighted by Gasteiger charge is -2.39. The Morgan fingerprint density at radius 1 is 1.26 bits per heavy atom. The molecule has 0 bridgehead atoms. The molecule has 2 rings (SSSR count). The highest BCUT2D eigenvalue weighted by atomic mass is 35.5. The summed E-state index contributed by atoms with van der Waals surface area (Å²) in [5.41, 5.74) is 7.21. The van der Waals surface area contributed by atoms with Gasteiger partial charge in [0.25, 0.3) is 0 Å². The Hall–Kier alpha value is -2.33. The molecule has 31 heavy (non-hydrogen) atoms. The summed E-state index contributed by atoms with van der Waals surface area (Å²) >= 11 is 6.48. The SMILES string of the molecule is CCOC(=O)C1=C(COCCN)N(B(C)O)C(C)=C(C(=O)OC)C1c1ccccc1Cl. The molecule has 0 aromatic heterocycles. The number of esters is 2. The maximum atomic E-state index is 13.2. The van der Waals surface area contributed by atoms with Gasteiger partial charge in [0.05, 0.1) is 44.0 Å². The second-order valence-electron chi connectivity index (χ2n) is 6.87. The number of hydrogen-bond donors (Lipinski definition) is 2. The molecule has 0 amide bonds. The molecule has 1 heterocycles. The maximum absolute atomic E-state index is 13.2. The highest BCUT2D eigenvalue weighted by Gasteiger charge is 2.43. The molecule has 0 fully saturated rings. The van der Waals surface area contributed by atoms with Crippen LogP contribution in [0, 0.1) is 0 Å². The van der Waals surface area contributed by atoms with Gasteiger partial charge in [-0.25, -0.2) is 9.59 Å². The van der Waals surface area contributed by atoms with E-state index in [2.05, 4.69) is 0 Å². The van der Waals surface area contributed by atoms with Crippen LogP contribution in [0.25, 0.3) is 0 Å². The summed E-state index contributed by atoms with van der Waals surface area (Å²) in [5.74, 6) is -2.15. The minimum absolute atomic E-state index is 0.0248. The normalized spacial score (nSPS) is 16.5. The second kappa shape index (κ2) is 11.3. The van der Waals surface area contributed by atoms with Gasteiger partial charge in [0.1, 0.15) is 0 Å². The number of rotatable bonds is 9. The summed E-state index contributed by atoms with van der Waals surface area (Å²) in [6.45, 7) is 5.52. The van der Waals surface area contributed by atoms with E-state index < -0.39 is 24.9 Å². The van der Waals surface area contributed by atoms with Crippen LogP contribution in [0.5, 0.6) is 0 Å². The molecule has 168 valence electrons. The van der Waals surface area contributed by atoms with Gasteiger partial charge in [-0.2, -0.15) is 0 Å². The van der Waals surface area contributed by atoms with Crippen LogP contribution in [0.1, 0.15) is 25.3 Å². The summed E-state index contributed by atoms with van der Waals surface area (Å²) in [4.78, 5) is 27.5. The Bertz CT molecular complexity index is 886. The molecule has 1 aromatic carbocycles. The maximum Gasteiger partial charge on any atom is 0.413 e. The first kappa shape index (κ1) is 24.9. The monoisotopic (exact) mass is 450 g/mol. The molecular weight excluding hydrogens is 423 g/mol. The fraction of sp³-hybridized carbons (Fsp3) is 0.429. The van der Waals surface area contributed by atoms with Crippen LogP contribution in [-0.4, -0.2) is 62.3 Å². The molecule has 3 N–H and O–H groups in total. The summed E-state index contributed by atoms with van der Waals surface area (Å²) in [6, 6.07) is 6.93. The molecule has 0 saturated carbocycles. The van der Waals surface area contributed by atoms with Crippen molar-refractivity contribution in [1.29, 1.82) is 0 Å². The molecule has 1 aliphatic heterocycles. The predicted molar refractivity (Wildman–Crippen MR) is 118 cm³/mol. The molecular formula is C21H28BClN2O6. The van der Waals surface area contributed by atoms with E-state index in [9.17, 15) is 14.6 Å². The van der Waals surface area contributed by atoms with E-state index in [1.807, 2.05) is 0 Å². The molecule has 0 radical (unpaired) electrons. The Balaban J connectivity index is 2.87. The van der Waals surface area contributed by atoms with Gasteiger partial charge in [-0.05, 0) is 32.3 Å². The minimum atomic E-state index is -1.06. The Morgan fingerprint density at radius 2 is 1.94 bits per heavy atom. The summed E-state index contributed by atoms with van der Waals surface area (Å²) in [6.07, 6.45) is 0. The molecule has 0 saturated heterocycles. The van der Waals surface area contributed by atoms with Crippen LogP contribution in [-0.2, 0) is 23.8 Å². The number of methoxy groups -OCH3 is 1. The molecule has 1 aliphatic rings. The third-order valence-electron chi connectivity index (χ3n) is 4.92. The third-order valence-corrected chi connectivity index (χ3v) is 5.27. The minimum Gasteiger partial charge on any atom is -0.466 e. The van der Waals surface area contributed by atoms with Gasteiger partial charge in [0.15, 0.2) is 0 Å². The number of carbonyl (C=O) groups excluding carboxylic acids is 2. The van der Waals surface area contributed by atoms with E-state index in [-0.39, 0.29) is 37.5 Å². The largest absolute Gasteiger partial charge is 0.466 e. The van der Waals surface area contributed by atoms with Gasteiger partial charge in [0.2, 0.25) is 0 Å². The van der Waals surface area contributed by atoms with E-state index in [1.165, 1.54) is 18.7 Å². The Labute approximate surface area is 187 Å². The van der Waals surface area contributed by atoms with Gasteiger partial charge in [-0.3, -0.25) is 0 Å². The molecule has 1 unspecified atom stereocenters. The number of ether oxygens (including phenoxy) is 3. The summed E-state index contributed by atoms with van der Waals surface area (Å²) < 4.78 is 16.0. The topological polar surface area (TPSA) is 111 Å². The van der Waals surface area contributed by atoms with Crippen molar-refractivity contribution < 1.29 is 28.8 Å². The molecule has 1 atom stereocenters. The van der Waals surface area contributed by atoms with Crippen molar-refractivity contribution in [1.82, 2.24) is 4.81 Å². The van der Waals surface area contributed by atoms with Crippen LogP contribution in [0.15, 0.2) is 46.8 Å². The van der Waals surface area contributed by atoms with Crippen molar-refractivity contribution in [2.24, 2.45) is 5.73 Å². The van der Waals surface area contributed by atoms with Crippen LogP contribution in [0.2, 0.25) is 11.8 Å². The fourth-order valence-electron chi connectivity index (χ4n) is 3.73. The van der Waals surface area contributed by atoms with Crippen LogP contribution < -0.4 is 5.73 Å². The molecule has 10 heteroatoms. The van der Waals surface area contributed by atoms with Crippen molar-refractivity contribution in [3.05, 3.63) is 57.4 Å². The number of nitrogens with two attached hydrogens (primary N) is 1. The Kier molecular flexibility index (Phi) is 9.12. The zero-order chi connectivity index (χ0) is 23.1. The first-order valence-electron chi connectivity index (χ1n) is 9.98. The number of benzene rings is 1. The first-order chi connectivity index (χ1) is 14.8. The van der Waals surface area contributed by atoms with Gasteiger partial charge in [0, 0.05) is 23.0 Å². The van der Waals surface area contributed by atoms with Crippen molar-refractivity contribution >= 4 is 30.6 Å². The fourth-order valence-corrected chi connectivity index (χ4v) is 3.97.